The molecule has 0 N–H and O–H groups in total. The van der Waals surface area contributed by atoms with E-state index in [4.69, 9.17) is 11.6 Å². The van der Waals surface area contributed by atoms with Crippen LogP contribution in [0.25, 0.3) is 5.52 Å². The average Bonchev–Trinajstić information content (AvgIpc) is 2.72. The van der Waals surface area contributed by atoms with Gasteiger partial charge in [-0.15, -0.1) is 11.6 Å². The van der Waals surface area contributed by atoms with Crippen LogP contribution in [0.2, 0.25) is 0 Å². The molecule has 1 aliphatic rings. The van der Waals surface area contributed by atoms with E-state index in [-0.39, 0.29) is 0 Å². The number of hydrogen-bond acceptors (Lipinski definition) is 3. The fourth-order valence-electron chi connectivity index (χ4n) is 2.64. The van der Waals surface area contributed by atoms with Crippen molar-refractivity contribution < 1.29 is 0 Å². The van der Waals surface area contributed by atoms with Crippen LogP contribution in [0.4, 0.5) is 5.82 Å². The van der Waals surface area contributed by atoms with Gasteiger partial charge in [0, 0.05) is 30.9 Å². The highest BCUT2D eigenvalue weighted by molar-refractivity contribution is 6.17. The Labute approximate surface area is 118 Å². The van der Waals surface area contributed by atoms with E-state index < -0.39 is 0 Å². The van der Waals surface area contributed by atoms with E-state index in [2.05, 4.69) is 21.0 Å². The van der Waals surface area contributed by atoms with Crippen LogP contribution in [-0.2, 0) is 0 Å². The van der Waals surface area contributed by atoms with Gasteiger partial charge in [0.15, 0.2) is 5.82 Å². The molecule has 0 atom stereocenters. The molecule has 0 aromatic carbocycles. The molecule has 1 aliphatic carbocycles. The lowest BCUT2D eigenvalue weighted by molar-refractivity contribution is 0.384. The third kappa shape index (κ3) is 2.41. The zero-order chi connectivity index (χ0) is 13.2. The molecule has 1 saturated carbocycles. The molecular weight excluding hydrogens is 260 g/mol. The Balaban J connectivity index is 1.98. The Morgan fingerprint density at radius 2 is 2.32 bits per heavy atom. The first-order valence-electron chi connectivity index (χ1n) is 6.93. The van der Waals surface area contributed by atoms with Crippen LogP contribution in [0.15, 0.2) is 18.5 Å². The maximum atomic E-state index is 5.86. The molecule has 2 aromatic heterocycles. The zero-order valence-electron chi connectivity index (χ0n) is 11.2. The summed E-state index contributed by atoms with van der Waals surface area (Å²) in [7, 11) is 0. The molecule has 2 aromatic rings. The molecule has 0 amide bonds. The second-order valence-electron chi connectivity index (χ2n) is 5.19. The number of halogens is 1. The van der Waals surface area contributed by atoms with Gasteiger partial charge in [0.2, 0.25) is 0 Å². The molecule has 4 nitrogen and oxygen atoms in total. The van der Waals surface area contributed by atoms with Gasteiger partial charge in [-0.25, -0.2) is 9.50 Å². The Hall–Kier alpha value is -1.29. The summed E-state index contributed by atoms with van der Waals surface area (Å²) in [5.74, 6) is 1.75. The van der Waals surface area contributed by atoms with E-state index in [1.165, 1.54) is 19.3 Å². The molecule has 0 bridgehead atoms. The summed E-state index contributed by atoms with van der Waals surface area (Å²) in [4.78, 5) is 7.02. The highest BCUT2D eigenvalue weighted by Crippen LogP contribution is 2.31. The Morgan fingerprint density at radius 3 is 3.00 bits per heavy atom. The van der Waals surface area contributed by atoms with Crippen LogP contribution < -0.4 is 4.90 Å². The van der Waals surface area contributed by atoms with Crippen molar-refractivity contribution in [2.24, 2.45) is 0 Å². The molecule has 0 saturated heterocycles. The van der Waals surface area contributed by atoms with Crippen LogP contribution in [0.3, 0.4) is 0 Å². The maximum Gasteiger partial charge on any atom is 0.154 e. The summed E-state index contributed by atoms with van der Waals surface area (Å²) in [5.41, 5.74) is 2.13. The molecule has 0 spiro atoms. The van der Waals surface area contributed by atoms with Crippen molar-refractivity contribution in [2.75, 3.05) is 17.3 Å². The SMILES string of the molecule is Cc1cc2c(N(CCCCl)C3CCC3)nccn2n1. The van der Waals surface area contributed by atoms with Gasteiger partial charge < -0.3 is 4.90 Å². The Morgan fingerprint density at radius 1 is 1.47 bits per heavy atom. The van der Waals surface area contributed by atoms with Gasteiger partial charge in [-0.05, 0) is 38.7 Å². The quantitative estimate of drug-likeness (QED) is 0.789. The van der Waals surface area contributed by atoms with E-state index >= 15 is 0 Å². The van der Waals surface area contributed by atoms with E-state index in [0.29, 0.717) is 11.9 Å². The molecule has 19 heavy (non-hydrogen) atoms. The Kier molecular flexibility index (Phi) is 3.60. The van der Waals surface area contributed by atoms with Crippen molar-refractivity contribution in [2.45, 2.75) is 38.6 Å². The minimum atomic E-state index is 0.622. The summed E-state index contributed by atoms with van der Waals surface area (Å²) in [5, 5.41) is 4.46. The summed E-state index contributed by atoms with van der Waals surface area (Å²) in [6, 6.07) is 2.73. The van der Waals surface area contributed by atoms with Gasteiger partial charge in [-0.1, -0.05) is 0 Å². The van der Waals surface area contributed by atoms with E-state index in [1.807, 2.05) is 23.8 Å². The van der Waals surface area contributed by atoms with Crippen LogP contribution in [0.1, 0.15) is 31.4 Å². The monoisotopic (exact) mass is 278 g/mol. The number of rotatable bonds is 5. The molecule has 2 heterocycles. The molecule has 0 radical (unpaired) electrons. The van der Waals surface area contributed by atoms with Crippen LogP contribution in [0.5, 0.6) is 0 Å². The lowest BCUT2D eigenvalue weighted by Crippen LogP contribution is -2.41. The predicted molar refractivity (Wildman–Crippen MR) is 78.0 cm³/mol. The molecule has 5 heteroatoms. The number of anilines is 1. The molecule has 102 valence electrons. The number of nitrogens with zero attached hydrogens (tertiary/aromatic N) is 4. The lowest BCUT2D eigenvalue weighted by Gasteiger charge is -2.38. The number of fused-ring (bicyclic) bond motifs is 1. The van der Waals surface area contributed by atoms with E-state index in [9.17, 15) is 0 Å². The van der Waals surface area contributed by atoms with Gasteiger partial charge in [-0.3, -0.25) is 0 Å². The minimum absolute atomic E-state index is 0.622. The van der Waals surface area contributed by atoms with E-state index in [0.717, 1.165) is 30.0 Å². The zero-order valence-corrected chi connectivity index (χ0v) is 12.0. The minimum Gasteiger partial charge on any atom is -0.352 e. The topological polar surface area (TPSA) is 33.4 Å². The summed E-state index contributed by atoms with van der Waals surface area (Å²) < 4.78 is 1.92. The smallest absolute Gasteiger partial charge is 0.154 e. The highest BCUT2D eigenvalue weighted by atomic mass is 35.5. The van der Waals surface area contributed by atoms with Gasteiger partial charge in [0.1, 0.15) is 5.52 Å². The summed E-state index contributed by atoms with van der Waals surface area (Å²) >= 11 is 5.86. The van der Waals surface area contributed by atoms with Crippen LogP contribution in [-0.4, -0.2) is 33.1 Å². The molecule has 0 unspecified atom stereocenters. The number of aromatic nitrogens is 3. The van der Waals surface area contributed by atoms with Gasteiger partial charge in [-0.2, -0.15) is 5.10 Å². The fourth-order valence-corrected chi connectivity index (χ4v) is 2.76. The highest BCUT2D eigenvalue weighted by Gasteiger charge is 2.27. The molecule has 3 rings (SSSR count). The third-order valence-corrected chi connectivity index (χ3v) is 4.08. The van der Waals surface area contributed by atoms with Crippen molar-refractivity contribution in [3.63, 3.8) is 0 Å². The van der Waals surface area contributed by atoms with Crippen molar-refractivity contribution >= 4 is 22.9 Å². The number of alkyl halides is 1. The van der Waals surface area contributed by atoms with Crippen LogP contribution in [0, 0.1) is 6.92 Å². The number of aryl methyl sites for hydroxylation is 1. The van der Waals surface area contributed by atoms with Crippen molar-refractivity contribution in [1.82, 2.24) is 14.6 Å². The third-order valence-electron chi connectivity index (χ3n) is 3.81. The normalized spacial score (nSPS) is 15.7. The summed E-state index contributed by atoms with van der Waals surface area (Å²) in [6.45, 7) is 2.99. The van der Waals surface area contributed by atoms with Gasteiger partial charge >= 0.3 is 0 Å². The first kappa shape index (κ1) is 12.7. The molecular formula is C14H19ClN4. The molecule has 1 fully saturated rings. The number of hydrogen-bond donors (Lipinski definition) is 0. The van der Waals surface area contributed by atoms with Crippen molar-refractivity contribution in [3.8, 4) is 0 Å². The van der Waals surface area contributed by atoms with Crippen LogP contribution >= 0.6 is 11.6 Å². The average molecular weight is 279 g/mol. The first-order valence-corrected chi connectivity index (χ1v) is 7.46. The van der Waals surface area contributed by atoms with Gasteiger partial charge in [0.05, 0.1) is 5.69 Å². The second kappa shape index (κ2) is 5.37. The predicted octanol–water partition coefficient (Wildman–Crippen LogP) is 3.03. The van der Waals surface area contributed by atoms with Crippen molar-refractivity contribution in [3.05, 3.63) is 24.2 Å². The van der Waals surface area contributed by atoms with E-state index in [1.54, 1.807) is 0 Å². The standard InChI is InChI=1S/C14H19ClN4/c1-11-10-13-14(16-7-9-19(13)17-11)18(8-3-6-15)12-4-2-5-12/h7,9-10,12H,2-6,8H2,1H3. The fraction of sp³-hybridized carbons (Fsp3) is 0.571. The largest absolute Gasteiger partial charge is 0.352 e. The van der Waals surface area contributed by atoms with Crippen molar-refractivity contribution in [1.29, 1.82) is 0 Å². The second-order valence-corrected chi connectivity index (χ2v) is 5.56. The van der Waals surface area contributed by atoms with Gasteiger partial charge in [0.25, 0.3) is 0 Å². The molecule has 0 aliphatic heterocycles. The maximum absolute atomic E-state index is 5.86. The first-order chi connectivity index (χ1) is 9.29. The summed E-state index contributed by atoms with van der Waals surface area (Å²) in [6.07, 6.45) is 8.58. The lowest BCUT2D eigenvalue weighted by atomic mass is 9.91. The Bertz CT molecular complexity index is 562.